The van der Waals surface area contributed by atoms with Gasteiger partial charge in [-0.3, -0.25) is 0 Å². The van der Waals surface area contributed by atoms with Gasteiger partial charge in [-0.15, -0.1) is 12.4 Å². The van der Waals surface area contributed by atoms with Gasteiger partial charge in [0.15, 0.2) is 0 Å². The Bertz CT molecular complexity index is 405. The minimum Gasteiger partial charge on any atom is -0.368 e. The van der Waals surface area contributed by atoms with Crippen molar-refractivity contribution < 1.29 is 13.5 Å². The smallest absolute Gasteiger partial charge is 0.368 e. The van der Waals surface area contributed by atoms with Crippen molar-refractivity contribution in [1.82, 2.24) is 10.3 Å². The fourth-order valence-electron chi connectivity index (χ4n) is 1.74. The van der Waals surface area contributed by atoms with Gasteiger partial charge in [0.25, 0.3) is 0 Å². The van der Waals surface area contributed by atoms with Crippen LogP contribution in [-0.2, 0) is 4.74 Å². The van der Waals surface area contributed by atoms with Crippen LogP contribution in [0.5, 0.6) is 0 Å². The number of nitrogens with one attached hydrogen (secondary N) is 2. The highest BCUT2D eigenvalue weighted by Crippen LogP contribution is 2.22. The Hall–Kier alpha value is -0.690. The predicted octanol–water partition coefficient (Wildman–Crippen LogP) is 2.54. The van der Waals surface area contributed by atoms with Crippen LogP contribution >= 0.6 is 24.0 Å². The van der Waals surface area contributed by atoms with E-state index >= 15 is 0 Å². The third kappa shape index (κ3) is 4.72. The van der Waals surface area contributed by atoms with Crippen molar-refractivity contribution in [3.8, 4) is 0 Å². The molecule has 1 fully saturated rings. The van der Waals surface area contributed by atoms with Gasteiger partial charge in [0.05, 0.1) is 23.7 Å². The fourth-order valence-corrected chi connectivity index (χ4v) is 1.86. The molecule has 2 heterocycles. The van der Waals surface area contributed by atoms with Gasteiger partial charge in [-0.1, -0.05) is 11.6 Å². The summed E-state index contributed by atoms with van der Waals surface area (Å²) in [6, 6.07) is 3.24. The predicted molar refractivity (Wildman–Crippen MR) is 72.3 cm³/mol. The first-order valence-electron chi connectivity index (χ1n) is 5.61. The maximum Gasteiger partial charge on any atom is 0.368 e. The van der Waals surface area contributed by atoms with Gasteiger partial charge in [-0.2, -0.15) is 8.78 Å². The lowest BCUT2D eigenvalue weighted by atomic mass is 10.1. The van der Waals surface area contributed by atoms with Gasteiger partial charge in [0.2, 0.25) is 0 Å². The topological polar surface area (TPSA) is 46.2 Å². The first kappa shape index (κ1) is 16.4. The SMILES string of the molecule is C[C@@H]1OC(F)(F)CN[C@@H]1CNc1ccc(Cl)cn1.Cl. The molecule has 0 spiro atoms. The van der Waals surface area contributed by atoms with Crippen molar-refractivity contribution in [3.63, 3.8) is 0 Å². The zero-order valence-electron chi connectivity index (χ0n) is 10.2. The lowest BCUT2D eigenvalue weighted by molar-refractivity contribution is -0.278. The number of pyridine rings is 1. The minimum atomic E-state index is -3.09. The Morgan fingerprint density at radius 3 is 2.89 bits per heavy atom. The maximum atomic E-state index is 12.9. The molecule has 0 amide bonds. The highest BCUT2D eigenvalue weighted by Gasteiger charge is 2.40. The molecule has 1 aliphatic heterocycles. The third-order valence-corrected chi connectivity index (χ3v) is 2.95. The van der Waals surface area contributed by atoms with Crippen molar-refractivity contribution in [2.75, 3.05) is 18.4 Å². The highest BCUT2D eigenvalue weighted by molar-refractivity contribution is 6.30. The second-order valence-electron chi connectivity index (χ2n) is 4.19. The van der Waals surface area contributed by atoms with Gasteiger partial charge < -0.3 is 15.4 Å². The van der Waals surface area contributed by atoms with E-state index in [4.69, 9.17) is 11.6 Å². The quantitative estimate of drug-likeness (QED) is 0.900. The molecular formula is C11H15Cl2F2N3O. The molecular weight excluding hydrogens is 299 g/mol. The van der Waals surface area contributed by atoms with Gasteiger partial charge in [0, 0.05) is 12.7 Å². The van der Waals surface area contributed by atoms with Crippen molar-refractivity contribution in [2.45, 2.75) is 25.2 Å². The number of ether oxygens (including phenoxy) is 1. The molecule has 2 atom stereocenters. The van der Waals surface area contributed by atoms with Crippen molar-refractivity contribution in [2.24, 2.45) is 0 Å². The molecule has 108 valence electrons. The van der Waals surface area contributed by atoms with Crippen LogP contribution in [0, 0.1) is 0 Å². The number of anilines is 1. The standard InChI is InChI=1S/C11H14ClF2N3O.ClH/c1-7-9(17-6-11(13,14)18-7)5-16-10-3-2-8(12)4-15-10;/h2-4,7,9,17H,5-6H2,1H3,(H,15,16);1H/t7-,9+;/m0./s1. The van der Waals surface area contributed by atoms with Crippen LogP contribution in [0.15, 0.2) is 18.3 Å². The molecule has 0 aliphatic carbocycles. The van der Waals surface area contributed by atoms with E-state index in [2.05, 4.69) is 20.4 Å². The Morgan fingerprint density at radius 1 is 1.58 bits per heavy atom. The molecule has 1 aromatic rings. The van der Waals surface area contributed by atoms with Crippen LogP contribution in [0.4, 0.5) is 14.6 Å². The van der Waals surface area contributed by atoms with E-state index in [9.17, 15) is 8.78 Å². The van der Waals surface area contributed by atoms with E-state index in [1.807, 2.05) is 0 Å². The minimum absolute atomic E-state index is 0. The molecule has 0 saturated carbocycles. The average Bonchev–Trinajstić information content (AvgIpc) is 2.29. The monoisotopic (exact) mass is 313 g/mol. The number of hydrogen-bond acceptors (Lipinski definition) is 4. The number of hydrogen-bond donors (Lipinski definition) is 2. The second-order valence-corrected chi connectivity index (χ2v) is 4.63. The lowest BCUT2D eigenvalue weighted by Gasteiger charge is -2.35. The summed E-state index contributed by atoms with van der Waals surface area (Å²) in [6.45, 7) is 1.59. The van der Waals surface area contributed by atoms with E-state index in [0.29, 0.717) is 17.4 Å². The molecule has 0 radical (unpaired) electrons. The van der Waals surface area contributed by atoms with Crippen LogP contribution in [-0.4, -0.2) is 36.3 Å². The molecule has 19 heavy (non-hydrogen) atoms. The molecule has 2 rings (SSSR count). The molecule has 4 nitrogen and oxygen atoms in total. The summed E-state index contributed by atoms with van der Waals surface area (Å²) in [7, 11) is 0. The molecule has 8 heteroatoms. The van der Waals surface area contributed by atoms with Crippen molar-refractivity contribution in [3.05, 3.63) is 23.4 Å². The van der Waals surface area contributed by atoms with E-state index < -0.39 is 18.8 Å². The molecule has 0 unspecified atom stereocenters. The summed E-state index contributed by atoms with van der Waals surface area (Å²) in [5, 5.41) is 6.34. The molecule has 1 aromatic heterocycles. The van der Waals surface area contributed by atoms with E-state index in [1.54, 1.807) is 19.1 Å². The molecule has 1 saturated heterocycles. The largest absolute Gasteiger partial charge is 0.368 e. The van der Waals surface area contributed by atoms with Gasteiger partial charge in [-0.25, -0.2) is 4.98 Å². The van der Waals surface area contributed by atoms with Gasteiger partial charge in [0.1, 0.15) is 5.82 Å². The number of alkyl halides is 2. The Kier molecular flexibility index (Phi) is 5.73. The zero-order valence-corrected chi connectivity index (χ0v) is 11.8. The number of morpholine rings is 1. The number of rotatable bonds is 3. The summed E-state index contributed by atoms with van der Waals surface area (Å²) in [4.78, 5) is 4.06. The average molecular weight is 314 g/mol. The Morgan fingerprint density at radius 2 is 2.32 bits per heavy atom. The lowest BCUT2D eigenvalue weighted by Crippen LogP contribution is -2.57. The van der Waals surface area contributed by atoms with Crippen LogP contribution in [0.1, 0.15) is 6.92 Å². The van der Waals surface area contributed by atoms with Crippen LogP contribution in [0.25, 0.3) is 0 Å². The van der Waals surface area contributed by atoms with Crippen LogP contribution < -0.4 is 10.6 Å². The van der Waals surface area contributed by atoms with Crippen LogP contribution in [0.3, 0.4) is 0 Å². The summed E-state index contributed by atoms with van der Waals surface area (Å²) in [6.07, 6.45) is -2.14. The van der Waals surface area contributed by atoms with Gasteiger partial charge >= 0.3 is 6.11 Å². The molecule has 2 N–H and O–H groups in total. The molecule has 0 aromatic carbocycles. The Labute approximate surface area is 121 Å². The summed E-state index contributed by atoms with van der Waals surface area (Å²) >= 11 is 5.71. The number of nitrogens with zero attached hydrogens (tertiary/aromatic N) is 1. The van der Waals surface area contributed by atoms with Crippen molar-refractivity contribution in [1.29, 1.82) is 0 Å². The first-order valence-corrected chi connectivity index (χ1v) is 5.98. The zero-order chi connectivity index (χ0) is 13.2. The third-order valence-electron chi connectivity index (χ3n) is 2.73. The summed E-state index contributed by atoms with van der Waals surface area (Å²) < 4.78 is 30.4. The summed E-state index contributed by atoms with van der Waals surface area (Å²) in [5.41, 5.74) is 0. The summed E-state index contributed by atoms with van der Waals surface area (Å²) in [5.74, 6) is 0.644. The number of halogens is 4. The fraction of sp³-hybridized carbons (Fsp3) is 0.545. The molecule has 1 aliphatic rings. The Balaban J connectivity index is 0.00000180. The highest BCUT2D eigenvalue weighted by atomic mass is 35.5. The second kappa shape index (κ2) is 6.65. The maximum absolute atomic E-state index is 12.9. The first-order chi connectivity index (χ1) is 8.46. The van der Waals surface area contributed by atoms with Crippen LogP contribution in [0.2, 0.25) is 5.02 Å². The van der Waals surface area contributed by atoms with Gasteiger partial charge in [-0.05, 0) is 19.1 Å². The number of aromatic nitrogens is 1. The molecule has 0 bridgehead atoms. The van der Waals surface area contributed by atoms with E-state index in [1.165, 1.54) is 6.20 Å². The van der Waals surface area contributed by atoms with E-state index in [-0.39, 0.29) is 18.4 Å². The normalized spacial score (nSPS) is 25.5. The van der Waals surface area contributed by atoms with Crippen molar-refractivity contribution >= 4 is 29.8 Å². The van der Waals surface area contributed by atoms with E-state index in [0.717, 1.165) is 0 Å².